The number of nitrogens with zero attached hydrogens (tertiary/aromatic N) is 1. The maximum absolute atomic E-state index is 5.76. The summed E-state index contributed by atoms with van der Waals surface area (Å²) in [7, 11) is 0. The standard InChI is InChI=1S/C9H6ClNS/c10-8-3-1-7(2-4-8)9-11-5-6-12-9/h1-6H. The van der Waals surface area contributed by atoms with Crippen LogP contribution in [-0.2, 0) is 0 Å². The first-order valence-corrected chi connectivity index (χ1v) is 4.77. The molecule has 0 N–H and O–H groups in total. The van der Waals surface area contributed by atoms with Crippen molar-refractivity contribution in [3.8, 4) is 10.6 Å². The van der Waals surface area contributed by atoms with Crippen molar-refractivity contribution < 1.29 is 0 Å². The number of hydrogen-bond donors (Lipinski definition) is 0. The lowest BCUT2D eigenvalue weighted by Crippen LogP contribution is -1.73. The van der Waals surface area contributed by atoms with E-state index in [1.807, 2.05) is 29.6 Å². The van der Waals surface area contributed by atoms with Crippen LogP contribution in [0.1, 0.15) is 0 Å². The van der Waals surface area contributed by atoms with Crippen LogP contribution >= 0.6 is 22.9 Å². The summed E-state index contributed by atoms with van der Waals surface area (Å²) in [5, 5.41) is 3.76. The molecule has 2 rings (SSSR count). The molecule has 1 aromatic heterocycles. The number of benzene rings is 1. The van der Waals surface area contributed by atoms with Gasteiger partial charge in [-0.05, 0) is 12.1 Å². The molecule has 0 unspecified atom stereocenters. The highest BCUT2D eigenvalue weighted by Crippen LogP contribution is 2.22. The molecule has 0 saturated heterocycles. The van der Waals surface area contributed by atoms with Gasteiger partial charge in [-0.25, -0.2) is 4.98 Å². The van der Waals surface area contributed by atoms with Crippen molar-refractivity contribution in [3.63, 3.8) is 0 Å². The van der Waals surface area contributed by atoms with E-state index in [-0.39, 0.29) is 0 Å². The van der Waals surface area contributed by atoms with Gasteiger partial charge >= 0.3 is 0 Å². The van der Waals surface area contributed by atoms with Crippen LogP contribution in [0, 0.1) is 0 Å². The summed E-state index contributed by atoms with van der Waals surface area (Å²) >= 11 is 7.38. The van der Waals surface area contributed by atoms with Crippen LogP contribution in [0.4, 0.5) is 0 Å². The third-order valence-electron chi connectivity index (χ3n) is 1.52. The Kier molecular flexibility index (Phi) is 2.11. The van der Waals surface area contributed by atoms with Gasteiger partial charge in [-0.15, -0.1) is 11.3 Å². The van der Waals surface area contributed by atoms with E-state index in [0.717, 1.165) is 15.6 Å². The molecule has 60 valence electrons. The molecule has 0 spiro atoms. The molecule has 0 aliphatic heterocycles. The quantitative estimate of drug-likeness (QED) is 0.679. The molecule has 0 fully saturated rings. The van der Waals surface area contributed by atoms with Gasteiger partial charge in [0.1, 0.15) is 5.01 Å². The minimum atomic E-state index is 0.760. The summed E-state index contributed by atoms with van der Waals surface area (Å²) in [6.07, 6.45) is 1.80. The van der Waals surface area contributed by atoms with E-state index in [1.54, 1.807) is 17.5 Å². The molecule has 0 radical (unpaired) electrons. The van der Waals surface area contributed by atoms with Gasteiger partial charge in [0.25, 0.3) is 0 Å². The smallest absolute Gasteiger partial charge is 0.123 e. The Morgan fingerprint density at radius 1 is 1.17 bits per heavy atom. The average molecular weight is 196 g/mol. The topological polar surface area (TPSA) is 12.9 Å². The first-order chi connectivity index (χ1) is 5.86. The molecule has 12 heavy (non-hydrogen) atoms. The molecular formula is C9H6ClNS. The second-order valence-electron chi connectivity index (χ2n) is 2.34. The van der Waals surface area contributed by atoms with E-state index >= 15 is 0 Å². The largest absolute Gasteiger partial charge is 0.245 e. The van der Waals surface area contributed by atoms with Gasteiger partial charge in [0.2, 0.25) is 0 Å². The van der Waals surface area contributed by atoms with E-state index in [4.69, 9.17) is 11.6 Å². The van der Waals surface area contributed by atoms with Crippen molar-refractivity contribution in [2.24, 2.45) is 0 Å². The Bertz CT molecular complexity index is 353. The Morgan fingerprint density at radius 2 is 1.92 bits per heavy atom. The summed E-state index contributed by atoms with van der Waals surface area (Å²) in [5.74, 6) is 0. The highest BCUT2D eigenvalue weighted by Gasteiger charge is 1.98. The van der Waals surface area contributed by atoms with Gasteiger partial charge < -0.3 is 0 Å². The minimum Gasteiger partial charge on any atom is -0.245 e. The molecule has 0 atom stereocenters. The Morgan fingerprint density at radius 3 is 2.50 bits per heavy atom. The molecule has 0 aliphatic rings. The Balaban J connectivity index is 2.43. The Labute approximate surface area is 79.7 Å². The van der Waals surface area contributed by atoms with Crippen LogP contribution in [-0.4, -0.2) is 4.98 Å². The van der Waals surface area contributed by atoms with Crippen molar-refractivity contribution in [1.29, 1.82) is 0 Å². The first kappa shape index (κ1) is 7.77. The monoisotopic (exact) mass is 195 g/mol. The fraction of sp³-hybridized carbons (Fsp3) is 0. The van der Waals surface area contributed by atoms with Crippen molar-refractivity contribution in [2.75, 3.05) is 0 Å². The summed E-state index contributed by atoms with van der Waals surface area (Å²) in [6, 6.07) is 7.69. The lowest BCUT2D eigenvalue weighted by Gasteiger charge is -1.94. The van der Waals surface area contributed by atoms with Crippen LogP contribution in [0.25, 0.3) is 10.6 Å². The molecule has 0 bridgehead atoms. The summed E-state index contributed by atoms with van der Waals surface area (Å²) in [6.45, 7) is 0. The van der Waals surface area contributed by atoms with E-state index in [0.29, 0.717) is 0 Å². The van der Waals surface area contributed by atoms with E-state index in [9.17, 15) is 0 Å². The number of rotatable bonds is 1. The summed E-state index contributed by atoms with van der Waals surface area (Å²) < 4.78 is 0. The zero-order valence-electron chi connectivity index (χ0n) is 6.20. The van der Waals surface area contributed by atoms with Gasteiger partial charge in [0.15, 0.2) is 0 Å². The SMILES string of the molecule is Clc1ccc(-c2nccs2)cc1. The lowest BCUT2D eigenvalue weighted by molar-refractivity contribution is 1.41. The summed E-state index contributed by atoms with van der Waals surface area (Å²) in [4.78, 5) is 4.19. The lowest BCUT2D eigenvalue weighted by atomic mass is 10.2. The van der Waals surface area contributed by atoms with E-state index in [1.165, 1.54) is 0 Å². The molecule has 1 heterocycles. The van der Waals surface area contributed by atoms with E-state index < -0.39 is 0 Å². The maximum Gasteiger partial charge on any atom is 0.123 e. The zero-order chi connectivity index (χ0) is 8.39. The maximum atomic E-state index is 5.76. The second kappa shape index (κ2) is 3.25. The average Bonchev–Trinajstić information content (AvgIpc) is 2.58. The van der Waals surface area contributed by atoms with Gasteiger partial charge in [0, 0.05) is 22.2 Å². The highest BCUT2D eigenvalue weighted by molar-refractivity contribution is 7.13. The van der Waals surface area contributed by atoms with Crippen molar-refractivity contribution in [1.82, 2.24) is 4.98 Å². The zero-order valence-corrected chi connectivity index (χ0v) is 7.77. The molecule has 1 aromatic carbocycles. The van der Waals surface area contributed by atoms with Crippen molar-refractivity contribution >= 4 is 22.9 Å². The fourth-order valence-corrected chi connectivity index (χ4v) is 1.73. The van der Waals surface area contributed by atoms with Crippen LogP contribution < -0.4 is 0 Å². The van der Waals surface area contributed by atoms with Crippen LogP contribution in [0.3, 0.4) is 0 Å². The van der Waals surface area contributed by atoms with Crippen molar-refractivity contribution in [2.45, 2.75) is 0 Å². The highest BCUT2D eigenvalue weighted by atomic mass is 35.5. The molecule has 0 amide bonds. The third-order valence-corrected chi connectivity index (χ3v) is 2.60. The Hall–Kier alpha value is -0.860. The predicted molar refractivity (Wildman–Crippen MR) is 52.6 cm³/mol. The minimum absolute atomic E-state index is 0.760. The molecular weight excluding hydrogens is 190 g/mol. The van der Waals surface area contributed by atoms with Gasteiger partial charge in [-0.2, -0.15) is 0 Å². The van der Waals surface area contributed by atoms with Gasteiger partial charge in [-0.3, -0.25) is 0 Å². The molecule has 2 aromatic rings. The van der Waals surface area contributed by atoms with Crippen molar-refractivity contribution in [3.05, 3.63) is 40.9 Å². The fourth-order valence-electron chi connectivity index (χ4n) is 0.958. The summed E-state index contributed by atoms with van der Waals surface area (Å²) in [5.41, 5.74) is 1.12. The first-order valence-electron chi connectivity index (χ1n) is 3.52. The molecule has 0 aliphatic carbocycles. The van der Waals surface area contributed by atoms with Crippen LogP contribution in [0.2, 0.25) is 5.02 Å². The number of halogens is 1. The third kappa shape index (κ3) is 1.49. The van der Waals surface area contributed by atoms with Crippen LogP contribution in [0.5, 0.6) is 0 Å². The van der Waals surface area contributed by atoms with E-state index in [2.05, 4.69) is 4.98 Å². The molecule has 0 saturated carbocycles. The number of hydrogen-bond acceptors (Lipinski definition) is 2. The van der Waals surface area contributed by atoms with Gasteiger partial charge in [0.05, 0.1) is 0 Å². The normalized spacial score (nSPS) is 10.1. The second-order valence-corrected chi connectivity index (χ2v) is 3.68. The number of aromatic nitrogens is 1. The molecule has 3 heteroatoms. The molecule has 1 nitrogen and oxygen atoms in total. The predicted octanol–water partition coefficient (Wildman–Crippen LogP) is 3.46. The van der Waals surface area contributed by atoms with Gasteiger partial charge in [-0.1, -0.05) is 23.7 Å². The number of thiazole rings is 1. The van der Waals surface area contributed by atoms with Crippen LogP contribution in [0.15, 0.2) is 35.8 Å².